The van der Waals surface area contributed by atoms with E-state index < -0.39 is 83.0 Å². The van der Waals surface area contributed by atoms with Gasteiger partial charge in [0, 0.05) is 19.3 Å². The molecule has 0 atom stereocenters. The molecular weight excluding hydrogens is 768 g/mol. The summed E-state index contributed by atoms with van der Waals surface area (Å²) in [5.74, 6) is -6.30. The molecule has 0 saturated heterocycles. The van der Waals surface area contributed by atoms with Crippen molar-refractivity contribution in [3.63, 3.8) is 0 Å². The van der Waals surface area contributed by atoms with Crippen LogP contribution in [-0.2, 0) is 29.2 Å². The standard InChI is InChI=1S/C33H52F12O7S/c1-2-28(30(34,35)36,31(37,38)39)51-26(46)23-21-19-17-15-13-11-9-7-5-3-4-6-8-10-12-14-16-18-20-22-24-27(47)52-29(32(40,41)42,33(43,44)45)25-53(48,49)50/h2-25H2,1H3,(H,48,49,50). The molecule has 0 fully saturated rings. The van der Waals surface area contributed by atoms with Gasteiger partial charge in [-0.15, -0.1) is 0 Å². The van der Waals surface area contributed by atoms with Crippen LogP contribution < -0.4 is 0 Å². The van der Waals surface area contributed by atoms with Crippen molar-refractivity contribution in [2.24, 2.45) is 0 Å². The van der Waals surface area contributed by atoms with Gasteiger partial charge in [-0.2, -0.15) is 61.1 Å². The Bertz CT molecular complexity index is 1120. The highest BCUT2D eigenvalue weighted by atomic mass is 32.2. The summed E-state index contributed by atoms with van der Waals surface area (Å²) >= 11 is 0. The minimum absolute atomic E-state index is 0.0613. The Labute approximate surface area is 303 Å². The third kappa shape index (κ3) is 18.9. The van der Waals surface area contributed by atoms with Crippen LogP contribution in [0.4, 0.5) is 52.7 Å². The summed E-state index contributed by atoms with van der Waals surface area (Å²) in [6.45, 7) is 0.664. The van der Waals surface area contributed by atoms with Gasteiger partial charge in [0.1, 0.15) is 5.75 Å². The molecule has 0 rings (SSSR count). The fraction of sp³-hybridized carbons (Fsp3) is 0.939. The number of unbranched alkanes of at least 4 members (excludes halogenated alkanes) is 19. The molecule has 0 aromatic carbocycles. The third-order valence-corrected chi connectivity index (χ3v) is 9.57. The average molecular weight is 821 g/mol. The number of carbonyl (C=O) groups is 2. The molecule has 0 aliphatic heterocycles. The van der Waals surface area contributed by atoms with Gasteiger partial charge in [-0.05, 0) is 12.8 Å². The lowest BCUT2D eigenvalue weighted by molar-refractivity contribution is -0.370. The van der Waals surface area contributed by atoms with Crippen molar-refractivity contribution >= 4 is 22.1 Å². The Kier molecular flexibility index (Phi) is 22.3. The summed E-state index contributed by atoms with van der Waals surface area (Å²) in [6, 6.07) is 0. The van der Waals surface area contributed by atoms with Crippen LogP contribution in [0.3, 0.4) is 0 Å². The molecule has 0 aliphatic rings. The molecule has 0 spiro atoms. The molecule has 0 radical (unpaired) electrons. The van der Waals surface area contributed by atoms with E-state index in [4.69, 9.17) is 4.55 Å². The molecule has 0 saturated carbocycles. The number of hydrogen-bond donors (Lipinski definition) is 1. The lowest BCUT2D eigenvalue weighted by Gasteiger charge is -2.35. The second-order valence-electron chi connectivity index (χ2n) is 13.2. The Morgan fingerprint density at radius 2 is 0.642 bits per heavy atom. The van der Waals surface area contributed by atoms with Crippen molar-refractivity contribution in [1.82, 2.24) is 0 Å². The molecule has 0 aliphatic carbocycles. The summed E-state index contributed by atoms with van der Waals surface area (Å²) in [5, 5.41) is 0. The van der Waals surface area contributed by atoms with E-state index in [2.05, 4.69) is 9.47 Å². The zero-order chi connectivity index (χ0) is 41.0. The van der Waals surface area contributed by atoms with Crippen LogP contribution in [0.2, 0.25) is 0 Å². The first kappa shape index (κ1) is 51.0. The summed E-state index contributed by atoms with van der Waals surface area (Å²) in [4.78, 5) is 23.5. The topological polar surface area (TPSA) is 107 Å². The maximum absolute atomic E-state index is 13.2. The van der Waals surface area contributed by atoms with E-state index in [1.165, 1.54) is 0 Å². The molecule has 20 heteroatoms. The second-order valence-corrected chi connectivity index (χ2v) is 14.7. The van der Waals surface area contributed by atoms with Gasteiger partial charge in [-0.3, -0.25) is 14.1 Å². The zero-order valence-electron chi connectivity index (χ0n) is 29.8. The van der Waals surface area contributed by atoms with E-state index in [0.717, 1.165) is 89.9 Å². The summed E-state index contributed by atoms with van der Waals surface area (Å²) in [6.07, 6.45) is -11.0. The minimum Gasteiger partial charge on any atom is -0.439 e. The van der Waals surface area contributed by atoms with Gasteiger partial charge < -0.3 is 9.47 Å². The summed E-state index contributed by atoms with van der Waals surface area (Å²) < 4.78 is 196. The number of halogens is 12. The van der Waals surface area contributed by atoms with E-state index in [9.17, 15) is 70.7 Å². The third-order valence-electron chi connectivity index (χ3n) is 8.80. The van der Waals surface area contributed by atoms with E-state index >= 15 is 0 Å². The Morgan fingerprint density at radius 1 is 0.434 bits per heavy atom. The molecule has 1 N–H and O–H groups in total. The van der Waals surface area contributed by atoms with E-state index in [1.54, 1.807) is 0 Å². The maximum atomic E-state index is 13.2. The van der Waals surface area contributed by atoms with Crippen LogP contribution in [0.15, 0.2) is 0 Å². The number of rotatable bonds is 28. The van der Waals surface area contributed by atoms with Gasteiger partial charge in [-0.1, -0.05) is 122 Å². The van der Waals surface area contributed by atoms with Crippen LogP contribution in [-0.4, -0.2) is 66.6 Å². The predicted molar refractivity (Wildman–Crippen MR) is 170 cm³/mol. The molecule has 316 valence electrons. The van der Waals surface area contributed by atoms with E-state index in [0.29, 0.717) is 32.6 Å². The molecule has 0 aromatic rings. The number of hydrogen-bond acceptors (Lipinski definition) is 6. The highest BCUT2D eigenvalue weighted by Crippen LogP contribution is 2.49. The van der Waals surface area contributed by atoms with Crippen molar-refractivity contribution < 1.29 is 84.7 Å². The SMILES string of the molecule is CCC(OC(=O)CCCCCCCCCCCCCCCCCCCCCCC(=O)OC(CS(=O)(=O)O)(C(F)(F)F)C(F)(F)F)(C(F)(F)F)C(F)(F)F. The molecule has 0 aromatic heterocycles. The molecule has 0 amide bonds. The molecule has 0 heterocycles. The lowest BCUT2D eigenvalue weighted by atomic mass is 9.98. The van der Waals surface area contributed by atoms with E-state index in [1.807, 2.05) is 0 Å². The van der Waals surface area contributed by atoms with Gasteiger partial charge >= 0.3 is 47.8 Å². The fourth-order valence-corrected chi connectivity index (χ4v) is 6.59. The zero-order valence-corrected chi connectivity index (χ0v) is 30.6. The molecule has 7 nitrogen and oxygen atoms in total. The Hall–Kier alpha value is -1.99. The van der Waals surface area contributed by atoms with Crippen molar-refractivity contribution in [1.29, 1.82) is 0 Å². The van der Waals surface area contributed by atoms with Gasteiger partial charge in [-0.25, -0.2) is 0 Å². The van der Waals surface area contributed by atoms with Crippen molar-refractivity contribution in [2.75, 3.05) is 5.75 Å². The molecular formula is C33H52F12O7S. The van der Waals surface area contributed by atoms with Gasteiger partial charge in [0.05, 0.1) is 0 Å². The Morgan fingerprint density at radius 3 is 0.830 bits per heavy atom. The lowest BCUT2D eigenvalue weighted by Crippen LogP contribution is -2.63. The maximum Gasteiger partial charge on any atom is 0.438 e. The quantitative estimate of drug-likeness (QED) is 0.0362. The van der Waals surface area contributed by atoms with Crippen LogP contribution in [0, 0.1) is 0 Å². The second kappa shape index (κ2) is 23.2. The van der Waals surface area contributed by atoms with Gasteiger partial charge in [0.15, 0.2) is 0 Å². The number of carbonyl (C=O) groups excluding carboxylic acids is 2. The number of esters is 2. The summed E-state index contributed by atoms with van der Waals surface area (Å²) in [5.41, 5.74) is -9.88. The number of ether oxygens (including phenoxy) is 2. The van der Waals surface area contributed by atoms with Crippen LogP contribution in [0.5, 0.6) is 0 Å². The van der Waals surface area contributed by atoms with Gasteiger partial charge in [0.2, 0.25) is 0 Å². The highest BCUT2D eigenvalue weighted by Gasteiger charge is 2.76. The van der Waals surface area contributed by atoms with Crippen LogP contribution >= 0.6 is 0 Å². The van der Waals surface area contributed by atoms with Crippen molar-refractivity contribution in [3.8, 4) is 0 Å². The Balaban J connectivity index is 3.85. The van der Waals surface area contributed by atoms with E-state index in [-0.39, 0.29) is 12.8 Å². The smallest absolute Gasteiger partial charge is 0.438 e. The minimum atomic E-state index is -6.34. The van der Waals surface area contributed by atoms with Gasteiger partial charge in [0.25, 0.3) is 10.1 Å². The monoisotopic (exact) mass is 820 g/mol. The average Bonchev–Trinajstić information content (AvgIpc) is 2.99. The normalized spacial score (nSPS) is 13.7. The fourth-order valence-electron chi connectivity index (χ4n) is 5.69. The molecule has 0 unspecified atom stereocenters. The largest absolute Gasteiger partial charge is 0.439 e. The van der Waals surface area contributed by atoms with Crippen molar-refractivity contribution in [3.05, 3.63) is 0 Å². The molecule has 0 bridgehead atoms. The first-order valence-electron chi connectivity index (χ1n) is 17.9. The summed E-state index contributed by atoms with van der Waals surface area (Å²) in [7, 11) is -5.82. The first-order chi connectivity index (χ1) is 24.3. The van der Waals surface area contributed by atoms with Crippen LogP contribution in [0.25, 0.3) is 0 Å². The molecule has 53 heavy (non-hydrogen) atoms. The first-order valence-corrected chi connectivity index (χ1v) is 19.5. The van der Waals surface area contributed by atoms with Crippen LogP contribution in [0.1, 0.15) is 155 Å². The highest BCUT2D eigenvalue weighted by molar-refractivity contribution is 7.85. The van der Waals surface area contributed by atoms with Crippen molar-refractivity contribution in [2.45, 2.75) is 191 Å². The predicted octanol–water partition coefficient (Wildman–Crippen LogP) is 11.7. The number of alkyl halides is 12.